The number of benzene rings is 1. The molecule has 0 saturated heterocycles. The zero-order chi connectivity index (χ0) is 13.4. The van der Waals surface area contributed by atoms with Crippen LogP contribution in [-0.4, -0.2) is 12.6 Å². The number of hydrogen-bond donors (Lipinski definition) is 0. The van der Waals surface area contributed by atoms with Gasteiger partial charge in [-0.05, 0) is 23.0 Å². The molecule has 2 nitrogen and oxygen atoms in total. The third kappa shape index (κ3) is 5.29. The minimum Gasteiger partial charge on any atom is -0.226 e. The lowest BCUT2D eigenvalue weighted by molar-refractivity contribution is 0.590. The predicted molar refractivity (Wildman–Crippen MR) is 78.5 cm³/mol. The van der Waals surface area contributed by atoms with Gasteiger partial charge in [-0.2, -0.15) is 0 Å². The Morgan fingerprint density at radius 1 is 1.06 bits per heavy atom. The molecule has 0 radical (unpaired) electrons. The first-order chi connectivity index (χ1) is 8.54. The van der Waals surface area contributed by atoms with Crippen LogP contribution in [0.2, 0.25) is 0 Å². The third-order valence-corrected chi connectivity index (χ3v) is 2.85. The molecule has 0 spiro atoms. The van der Waals surface area contributed by atoms with Crippen LogP contribution in [0.1, 0.15) is 51.7 Å². The Kier molecular flexibility index (Phi) is 5.80. The highest BCUT2D eigenvalue weighted by Crippen LogP contribution is 2.22. The molecular weight excluding hydrogens is 220 g/mol. The number of unbranched alkanes of at least 4 members (excludes halogenated alkanes) is 1. The highest BCUT2D eigenvalue weighted by Gasteiger charge is 2.12. The van der Waals surface area contributed by atoms with Crippen molar-refractivity contribution in [3.05, 3.63) is 35.4 Å². The monoisotopic (exact) mass is 244 g/mol. The molecule has 0 aliphatic carbocycles. The molecule has 1 aromatic rings. The summed E-state index contributed by atoms with van der Waals surface area (Å²) in [6.07, 6.45) is 2.28. The van der Waals surface area contributed by atoms with E-state index in [1.165, 1.54) is 17.5 Å². The highest BCUT2D eigenvalue weighted by molar-refractivity contribution is 5.41. The van der Waals surface area contributed by atoms with Crippen LogP contribution in [0, 0.1) is 0 Å². The maximum Gasteiger partial charge on any atom is 0.0896 e. The Labute approximate surface area is 111 Å². The average Bonchev–Trinajstić information content (AvgIpc) is 2.33. The molecule has 98 valence electrons. The lowest BCUT2D eigenvalue weighted by Crippen LogP contribution is -2.10. The smallest absolute Gasteiger partial charge is 0.0896 e. The van der Waals surface area contributed by atoms with E-state index in [2.05, 4.69) is 68.0 Å². The van der Waals surface area contributed by atoms with Crippen LogP contribution >= 0.6 is 0 Å². The van der Waals surface area contributed by atoms with Gasteiger partial charge in [0.15, 0.2) is 0 Å². The summed E-state index contributed by atoms with van der Waals surface area (Å²) in [5, 5.41) is 0. The van der Waals surface area contributed by atoms with E-state index in [1.54, 1.807) is 0 Å². The van der Waals surface area contributed by atoms with E-state index < -0.39 is 0 Å². The Bertz CT molecular complexity index is 404. The molecular formula is C16H24N2. The van der Waals surface area contributed by atoms with Gasteiger partial charge >= 0.3 is 0 Å². The van der Waals surface area contributed by atoms with Crippen LogP contribution in [0.15, 0.2) is 34.3 Å². The van der Waals surface area contributed by atoms with E-state index >= 15 is 0 Å². The Morgan fingerprint density at radius 2 is 1.72 bits per heavy atom. The summed E-state index contributed by atoms with van der Waals surface area (Å²) in [5.74, 6) is 0. The normalized spacial score (nSPS) is 10.9. The van der Waals surface area contributed by atoms with Gasteiger partial charge in [-0.25, -0.2) is 9.98 Å². The molecule has 0 aromatic heterocycles. The third-order valence-electron chi connectivity index (χ3n) is 2.85. The molecule has 0 atom stereocenters. The quantitative estimate of drug-likeness (QED) is 0.540. The van der Waals surface area contributed by atoms with Gasteiger partial charge in [-0.15, -0.1) is 0 Å². The molecule has 0 unspecified atom stereocenters. The van der Waals surface area contributed by atoms with Crippen molar-refractivity contribution in [2.24, 2.45) is 9.98 Å². The zero-order valence-electron chi connectivity index (χ0n) is 12.0. The van der Waals surface area contributed by atoms with Crippen molar-refractivity contribution >= 4 is 6.01 Å². The second-order valence-corrected chi connectivity index (χ2v) is 5.60. The SMILES string of the molecule is CCCCN=C=NCc1ccc(C(C)(C)C)cc1. The Hall–Kier alpha value is -1.40. The number of hydrogen-bond acceptors (Lipinski definition) is 2. The maximum absolute atomic E-state index is 4.19. The van der Waals surface area contributed by atoms with Gasteiger partial charge in [0.1, 0.15) is 0 Å². The van der Waals surface area contributed by atoms with Gasteiger partial charge < -0.3 is 0 Å². The number of aliphatic imine (C=N–C) groups is 2. The average molecular weight is 244 g/mol. The molecule has 0 N–H and O–H groups in total. The molecule has 0 saturated carbocycles. The summed E-state index contributed by atoms with van der Waals surface area (Å²) in [6.45, 7) is 10.3. The minimum atomic E-state index is 0.212. The second kappa shape index (κ2) is 7.13. The Morgan fingerprint density at radius 3 is 2.28 bits per heavy atom. The van der Waals surface area contributed by atoms with Gasteiger partial charge in [0.2, 0.25) is 0 Å². The number of nitrogens with zero attached hydrogens (tertiary/aromatic N) is 2. The summed E-state index contributed by atoms with van der Waals surface area (Å²) >= 11 is 0. The van der Waals surface area contributed by atoms with Crippen LogP contribution in [0.5, 0.6) is 0 Å². The van der Waals surface area contributed by atoms with Crippen LogP contribution < -0.4 is 0 Å². The second-order valence-electron chi connectivity index (χ2n) is 5.60. The van der Waals surface area contributed by atoms with E-state index in [4.69, 9.17) is 0 Å². The van der Waals surface area contributed by atoms with Crippen molar-refractivity contribution in [1.29, 1.82) is 0 Å². The van der Waals surface area contributed by atoms with Crippen LogP contribution in [0.25, 0.3) is 0 Å². The summed E-state index contributed by atoms with van der Waals surface area (Å²) < 4.78 is 0. The van der Waals surface area contributed by atoms with E-state index in [1.807, 2.05) is 0 Å². The van der Waals surface area contributed by atoms with Gasteiger partial charge in [0.25, 0.3) is 0 Å². The van der Waals surface area contributed by atoms with Crippen LogP contribution in [0.3, 0.4) is 0 Å². The molecule has 0 fully saturated rings. The molecule has 1 rings (SSSR count). The van der Waals surface area contributed by atoms with E-state index in [0.29, 0.717) is 6.54 Å². The Balaban J connectivity index is 2.52. The van der Waals surface area contributed by atoms with E-state index in [-0.39, 0.29) is 5.41 Å². The van der Waals surface area contributed by atoms with Crippen molar-refractivity contribution in [2.45, 2.75) is 52.5 Å². The van der Waals surface area contributed by atoms with Crippen LogP contribution in [-0.2, 0) is 12.0 Å². The van der Waals surface area contributed by atoms with E-state index in [0.717, 1.165) is 13.0 Å². The van der Waals surface area contributed by atoms with Gasteiger partial charge in [-0.3, -0.25) is 0 Å². The zero-order valence-corrected chi connectivity index (χ0v) is 12.0. The molecule has 0 amide bonds. The standard InChI is InChI=1S/C16H24N2/c1-5-6-11-17-13-18-12-14-7-9-15(10-8-14)16(2,3)4/h7-10H,5-6,11-12H2,1-4H3. The summed E-state index contributed by atoms with van der Waals surface area (Å²) in [4.78, 5) is 8.30. The highest BCUT2D eigenvalue weighted by atomic mass is 14.8. The molecule has 18 heavy (non-hydrogen) atoms. The molecule has 0 aliphatic heterocycles. The van der Waals surface area contributed by atoms with Gasteiger partial charge in [0, 0.05) is 6.54 Å². The summed E-state index contributed by atoms with van der Waals surface area (Å²) in [7, 11) is 0. The van der Waals surface area contributed by atoms with Crippen LogP contribution in [0.4, 0.5) is 0 Å². The van der Waals surface area contributed by atoms with Gasteiger partial charge in [-0.1, -0.05) is 58.4 Å². The number of rotatable bonds is 5. The lowest BCUT2D eigenvalue weighted by Gasteiger charge is -2.18. The molecule has 0 heterocycles. The minimum absolute atomic E-state index is 0.212. The summed E-state index contributed by atoms with van der Waals surface area (Å²) in [6, 6.07) is 11.4. The first-order valence-electron chi connectivity index (χ1n) is 6.71. The van der Waals surface area contributed by atoms with E-state index in [9.17, 15) is 0 Å². The van der Waals surface area contributed by atoms with Crippen molar-refractivity contribution in [3.8, 4) is 0 Å². The van der Waals surface area contributed by atoms with Crippen molar-refractivity contribution < 1.29 is 0 Å². The fourth-order valence-electron chi connectivity index (χ4n) is 1.57. The maximum atomic E-state index is 4.19. The van der Waals surface area contributed by atoms with Crippen molar-refractivity contribution in [1.82, 2.24) is 0 Å². The fraction of sp³-hybridized carbons (Fsp3) is 0.562. The largest absolute Gasteiger partial charge is 0.226 e. The molecule has 2 heteroatoms. The predicted octanol–water partition coefficient (Wildman–Crippen LogP) is 4.46. The first-order valence-corrected chi connectivity index (χ1v) is 6.71. The van der Waals surface area contributed by atoms with Crippen molar-refractivity contribution in [3.63, 3.8) is 0 Å². The lowest BCUT2D eigenvalue weighted by atomic mass is 9.87. The fourth-order valence-corrected chi connectivity index (χ4v) is 1.57. The van der Waals surface area contributed by atoms with Gasteiger partial charge in [0.05, 0.1) is 12.6 Å². The topological polar surface area (TPSA) is 24.7 Å². The molecule has 0 bridgehead atoms. The summed E-state index contributed by atoms with van der Waals surface area (Å²) in [5.41, 5.74) is 2.77. The molecule has 0 aliphatic rings. The molecule has 1 aromatic carbocycles. The van der Waals surface area contributed by atoms with Crippen molar-refractivity contribution in [2.75, 3.05) is 6.54 Å². The first kappa shape index (κ1) is 14.7.